The van der Waals surface area contributed by atoms with E-state index in [9.17, 15) is 4.79 Å². The molecule has 0 aliphatic carbocycles. The average molecular weight is 485 g/mol. The van der Waals surface area contributed by atoms with Gasteiger partial charge < -0.3 is 18.6 Å². The van der Waals surface area contributed by atoms with Gasteiger partial charge in [-0.15, -0.1) is 0 Å². The fourth-order valence-corrected chi connectivity index (χ4v) is 3.93. The van der Waals surface area contributed by atoms with Crippen LogP contribution in [0.4, 0.5) is 0 Å². The summed E-state index contributed by atoms with van der Waals surface area (Å²) in [5.74, 6) is 1.83. The number of furan rings is 1. The summed E-state index contributed by atoms with van der Waals surface area (Å²) in [4.78, 5) is 13.3. The smallest absolute Gasteiger partial charge is 0.310 e. The van der Waals surface area contributed by atoms with Gasteiger partial charge in [0.05, 0.1) is 33.1 Å². The Morgan fingerprint density at radius 1 is 1.03 bits per heavy atom. The van der Waals surface area contributed by atoms with Gasteiger partial charge in [0.25, 0.3) is 0 Å². The van der Waals surface area contributed by atoms with Crippen molar-refractivity contribution in [3.8, 4) is 17.2 Å². The molecular weight excluding hydrogens is 464 g/mol. The summed E-state index contributed by atoms with van der Waals surface area (Å²) >= 11 is 3.25. The second-order valence-corrected chi connectivity index (χ2v) is 7.61. The lowest BCUT2D eigenvalue weighted by Gasteiger charge is -2.22. The lowest BCUT2D eigenvalue weighted by atomic mass is 9.97. The molecule has 2 heterocycles. The van der Waals surface area contributed by atoms with Gasteiger partial charge in [-0.2, -0.15) is 5.10 Å². The number of hydrogen-bond acceptors (Lipinski definition) is 6. The van der Waals surface area contributed by atoms with Crippen molar-refractivity contribution >= 4 is 27.5 Å². The Kier molecular flexibility index (Phi) is 5.99. The number of halogens is 1. The Morgan fingerprint density at radius 3 is 2.48 bits per heavy atom. The fraction of sp³-hybridized carbons (Fsp3) is 0.217. The van der Waals surface area contributed by atoms with Crippen LogP contribution in [0, 0.1) is 0 Å². The van der Waals surface area contributed by atoms with E-state index in [-0.39, 0.29) is 17.7 Å². The summed E-state index contributed by atoms with van der Waals surface area (Å²) in [6, 6.07) is 16.1. The van der Waals surface area contributed by atoms with Crippen LogP contribution >= 0.6 is 15.9 Å². The Morgan fingerprint density at radius 2 is 1.81 bits per heavy atom. The number of rotatable bonds is 6. The first-order chi connectivity index (χ1) is 15.0. The summed E-state index contributed by atoms with van der Waals surface area (Å²) in [5.41, 5.74) is 2.36. The molecule has 3 aromatic rings. The van der Waals surface area contributed by atoms with Crippen LogP contribution in [0.25, 0.3) is 0 Å². The summed E-state index contributed by atoms with van der Waals surface area (Å²) in [6.07, 6.45) is 0.483. The fourth-order valence-electron chi connectivity index (χ4n) is 3.62. The standard InChI is InChI=1S/C23H21BrN2O5/c1-28-14-8-9-15(21(12-14)30-3)17-13-18(16-6-4-5-7-19(16)29-2)26(25-17)23(27)20-10-11-22(24)31-20/h4-12,18H,13H2,1-3H3/t18-/m1/s1. The normalized spacial score (nSPS) is 15.5. The number of carbonyl (C=O) groups is 1. The molecule has 0 saturated carbocycles. The summed E-state index contributed by atoms with van der Waals surface area (Å²) in [6.45, 7) is 0. The number of methoxy groups -OCH3 is 3. The van der Waals surface area contributed by atoms with Gasteiger partial charge in [-0.3, -0.25) is 4.79 Å². The summed E-state index contributed by atoms with van der Waals surface area (Å²) in [5, 5.41) is 6.14. The zero-order valence-corrected chi connectivity index (χ0v) is 18.9. The topological polar surface area (TPSA) is 73.5 Å². The SMILES string of the molecule is COc1ccc(C2=NN(C(=O)c3ccc(Br)o3)[C@@H](c3ccccc3OC)C2)c(OC)c1. The third kappa shape index (κ3) is 4.03. The number of hydrazone groups is 1. The zero-order valence-electron chi connectivity index (χ0n) is 17.3. The monoisotopic (exact) mass is 484 g/mol. The molecule has 1 aromatic heterocycles. The van der Waals surface area contributed by atoms with E-state index in [0.717, 1.165) is 16.8 Å². The van der Waals surface area contributed by atoms with Crippen molar-refractivity contribution in [1.82, 2.24) is 5.01 Å². The van der Waals surface area contributed by atoms with Gasteiger partial charge in [0.2, 0.25) is 0 Å². The van der Waals surface area contributed by atoms with Crippen LogP contribution in [0.1, 0.15) is 34.1 Å². The molecule has 1 aliphatic heterocycles. The highest BCUT2D eigenvalue weighted by atomic mass is 79.9. The molecule has 0 spiro atoms. The molecule has 0 radical (unpaired) electrons. The molecule has 1 aliphatic rings. The second kappa shape index (κ2) is 8.85. The molecule has 2 aromatic carbocycles. The first-order valence-electron chi connectivity index (χ1n) is 9.57. The van der Waals surface area contributed by atoms with Crippen molar-refractivity contribution in [3.05, 3.63) is 76.2 Å². The molecule has 0 fully saturated rings. The summed E-state index contributed by atoms with van der Waals surface area (Å²) in [7, 11) is 4.80. The molecule has 8 heteroatoms. The molecule has 0 N–H and O–H groups in total. The quantitative estimate of drug-likeness (QED) is 0.488. The number of para-hydroxylation sites is 1. The Hall–Kier alpha value is -3.26. The highest BCUT2D eigenvalue weighted by molar-refractivity contribution is 9.10. The first kappa shape index (κ1) is 21.0. The number of amides is 1. The lowest BCUT2D eigenvalue weighted by Crippen LogP contribution is -2.27. The number of nitrogens with zero attached hydrogens (tertiary/aromatic N) is 2. The van der Waals surface area contributed by atoms with Gasteiger partial charge in [0.1, 0.15) is 17.2 Å². The second-order valence-electron chi connectivity index (χ2n) is 6.83. The van der Waals surface area contributed by atoms with Crippen molar-refractivity contribution in [2.24, 2.45) is 5.10 Å². The van der Waals surface area contributed by atoms with E-state index in [1.807, 2.05) is 36.4 Å². The third-order valence-corrected chi connectivity index (χ3v) is 5.55. The average Bonchev–Trinajstić information content (AvgIpc) is 3.44. The van der Waals surface area contributed by atoms with Crippen molar-refractivity contribution in [1.29, 1.82) is 0 Å². The van der Waals surface area contributed by atoms with Crippen LogP contribution in [0.2, 0.25) is 0 Å². The number of hydrogen-bond donors (Lipinski definition) is 0. The van der Waals surface area contributed by atoms with Crippen molar-refractivity contribution in [3.63, 3.8) is 0 Å². The van der Waals surface area contributed by atoms with E-state index in [2.05, 4.69) is 21.0 Å². The highest BCUT2D eigenvalue weighted by Crippen LogP contribution is 2.40. The van der Waals surface area contributed by atoms with Crippen molar-refractivity contribution in [2.75, 3.05) is 21.3 Å². The van der Waals surface area contributed by atoms with Crippen molar-refractivity contribution < 1.29 is 23.4 Å². The highest BCUT2D eigenvalue weighted by Gasteiger charge is 2.37. The summed E-state index contributed by atoms with van der Waals surface area (Å²) < 4.78 is 22.4. The number of benzene rings is 2. The molecule has 1 atom stereocenters. The molecule has 0 unspecified atom stereocenters. The molecular formula is C23H21BrN2O5. The Labute approximate surface area is 188 Å². The predicted octanol–water partition coefficient (Wildman–Crippen LogP) is 5.06. The minimum absolute atomic E-state index is 0.193. The van der Waals surface area contributed by atoms with Gasteiger partial charge in [0, 0.05) is 23.6 Å². The van der Waals surface area contributed by atoms with E-state index >= 15 is 0 Å². The molecule has 0 bridgehead atoms. The maximum absolute atomic E-state index is 13.3. The lowest BCUT2D eigenvalue weighted by molar-refractivity contribution is 0.0675. The van der Waals surface area contributed by atoms with Crippen LogP contribution in [0.3, 0.4) is 0 Å². The minimum atomic E-state index is -0.366. The van der Waals surface area contributed by atoms with E-state index in [1.165, 1.54) is 5.01 Å². The van der Waals surface area contributed by atoms with Crippen LogP contribution in [-0.4, -0.2) is 38.0 Å². The number of carbonyl (C=O) groups excluding carboxylic acids is 1. The van der Waals surface area contributed by atoms with E-state index in [1.54, 1.807) is 39.5 Å². The predicted molar refractivity (Wildman–Crippen MR) is 119 cm³/mol. The minimum Gasteiger partial charge on any atom is -0.497 e. The molecule has 7 nitrogen and oxygen atoms in total. The molecule has 160 valence electrons. The van der Waals surface area contributed by atoms with Crippen LogP contribution in [-0.2, 0) is 0 Å². The van der Waals surface area contributed by atoms with Gasteiger partial charge in [-0.1, -0.05) is 18.2 Å². The van der Waals surface area contributed by atoms with Crippen LogP contribution in [0.15, 0.2) is 68.8 Å². The maximum Gasteiger partial charge on any atom is 0.310 e. The molecule has 31 heavy (non-hydrogen) atoms. The van der Waals surface area contributed by atoms with Crippen LogP contribution < -0.4 is 14.2 Å². The first-order valence-corrected chi connectivity index (χ1v) is 10.4. The van der Waals surface area contributed by atoms with E-state index in [4.69, 9.17) is 18.6 Å². The van der Waals surface area contributed by atoms with Gasteiger partial charge in [-0.05, 0) is 46.3 Å². The van der Waals surface area contributed by atoms with Crippen LogP contribution in [0.5, 0.6) is 17.2 Å². The number of ether oxygens (including phenoxy) is 3. The third-order valence-electron chi connectivity index (χ3n) is 5.12. The van der Waals surface area contributed by atoms with Gasteiger partial charge in [0.15, 0.2) is 10.4 Å². The van der Waals surface area contributed by atoms with Gasteiger partial charge in [-0.25, -0.2) is 5.01 Å². The Balaban J connectivity index is 1.79. The van der Waals surface area contributed by atoms with E-state index in [0.29, 0.717) is 28.3 Å². The largest absolute Gasteiger partial charge is 0.497 e. The van der Waals surface area contributed by atoms with E-state index < -0.39 is 0 Å². The Bertz CT molecular complexity index is 1140. The zero-order chi connectivity index (χ0) is 22.0. The van der Waals surface area contributed by atoms with Crippen molar-refractivity contribution in [2.45, 2.75) is 12.5 Å². The van der Waals surface area contributed by atoms with Gasteiger partial charge >= 0.3 is 5.91 Å². The molecule has 4 rings (SSSR count). The molecule has 0 saturated heterocycles. The molecule has 1 amide bonds. The maximum atomic E-state index is 13.3.